The molecule has 0 spiro atoms. The van der Waals surface area contributed by atoms with E-state index in [-0.39, 0.29) is 0 Å². The van der Waals surface area contributed by atoms with Gasteiger partial charge in [-0.15, -0.1) is 6.58 Å². The first kappa shape index (κ1) is 15.0. The normalized spacial score (nSPS) is 15.9. The van der Waals surface area contributed by atoms with Gasteiger partial charge >= 0.3 is 0 Å². The SMILES string of the molecule is C=CCNC(=S)N1CCN(Cc2ccc(C)cc2)CC1. The first-order valence-corrected chi connectivity index (χ1v) is 7.51. The smallest absolute Gasteiger partial charge is 0.169 e. The molecule has 0 atom stereocenters. The Morgan fingerprint density at radius 1 is 1.25 bits per heavy atom. The molecule has 2 rings (SSSR count). The standard InChI is InChI=1S/C16H23N3S/c1-3-8-17-16(20)19-11-9-18(10-12-19)13-15-6-4-14(2)5-7-15/h3-7H,1,8-13H2,2H3,(H,17,20). The maximum atomic E-state index is 5.37. The second kappa shape index (κ2) is 7.41. The summed E-state index contributed by atoms with van der Waals surface area (Å²) in [5.74, 6) is 0. The van der Waals surface area contributed by atoms with Crippen LogP contribution in [0.5, 0.6) is 0 Å². The summed E-state index contributed by atoms with van der Waals surface area (Å²) in [4.78, 5) is 4.72. The summed E-state index contributed by atoms with van der Waals surface area (Å²) >= 11 is 5.37. The number of hydrogen-bond donors (Lipinski definition) is 1. The van der Waals surface area contributed by atoms with Gasteiger partial charge in [-0.25, -0.2) is 0 Å². The van der Waals surface area contributed by atoms with Gasteiger partial charge in [-0.1, -0.05) is 35.9 Å². The summed E-state index contributed by atoms with van der Waals surface area (Å²) < 4.78 is 0. The van der Waals surface area contributed by atoms with Crippen molar-refractivity contribution in [1.82, 2.24) is 15.1 Å². The summed E-state index contributed by atoms with van der Waals surface area (Å²) in [6.45, 7) is 11.7. The van der Waals surface area contributed by atoms with E-state index < -0.39 is 0 Å². The fourth-order valence-corrected chi connectivity index (χ4v) is 2.60. The van der Waals surface area contributed by atoms with Gasteiger partial charge in [0.15, 0.2) is 5.11 Å². The van der Waals surface area contributed by atoms with Crippen LogP contribution < -0.4 is 5.32 Å². The maximum Gasteiger partial charge on any atom is 0.169 e. The van der Waals surface area contributed by atoms with E-state index in [4.69, 9.17) is 12.2 Å². The quantitative estimate of drug-likeness (QED) is 0.676. The maximum absolute atomic E-state index is 5.37. The number of piperazine rings is 1. The van der Waals surface area contributed by atoms with Gasteiger partial charge in [0.2, 0.25) is 0 Å². The van der Waals surface area contributed by atoms with E-state index in [0.29, 0.717) is 0 Å². The van der Waals surface area contributed by atoms with Crippen molar-refractivity contribution in [3.63, 3.8) is 0 Å². The number of nitrogens with one attached hydrogen (secondary N) is 1. The molecule has 0 amide bonds. The first-order chi connectivity index (χ1) is 9.69. The highest BCUT2D eigenvalue weighted by Gasteiger charge is 2.18. The van der Waals surface area contributed by atoms with Gasteiger partial charge in [0.1, 0.15) is 0 Å². The molecule has 1 aliphatic rings. The molecule has 3 nitrogen and oxygen atoms in total. The third kappa shape index (κ3) is 4.32. The van der Waals surface area contributed by atoms with Crippen molar-refractivity contribution in [2.24, 2.45) is 0 Å². The fourth-order valence-electron chi connectivity index (χ4n) is 2.33. The van der Waals surface area contributed by atoms with Gasteiger partial charge < -0.3 is 10.2 Å². The van der Waals surface area contributed by atoms with Gasteiger partial charge in [0.25, 0.3) is 0 Å². The van der Waals surface area contributed by atoms with Crippen molar-refractivity contribution >= 4 is 17.3 Å². The summed E-state index contributed by atoms with van der Waals surface area (Å²) in [7, 11) is 0. The highest BCUT2D eigenvalue weighted by atomic mass is 32.1. The summed E-state index contributed by atoms with van der Waals surface area (Å²) in [6, 6.07) is 8.80. The van der Waals surface area contributed by atoms with E-state index in [9.17, 15) is 0 Å². The first-order valence-electron chi connectivity index (χ1n) is 7.10. The average molecular weight is 289 g/mol. The van der Waals surface area contributed by atoms with Crippen LogP contribution in [0.15, 0.2) is 36.9 Å². The van der Waals surface area contributed by atoms with Gasteiger partial charge in [0.05, 0.1) is 0 Å². The van der Waals surface area contributed by atoms with Crippen LogP contribution >= 0.6 is 12.2 Å². The molecule has 0 aliphatic carbocycles. The fraction of sp³-hybridized carbons (Fsp3) is 0.438. The predicted octanol–water partition coefficient (Wildman–Crippen LogP) is 2.17. The molecule has 1 saturated heterocycles. The monoisotopic (exact) mass is 289 g/mol. The van der Waals surface area contributed by atoms with Crippen LogP contribution in [-0.4, -0.2) is 47.6 Å². The predicted molar refractivity (Wildman–Crippen MR) is 88.8 cm³/mol. The minimum atomic E-state index is 0.739. The third-order valence-electron chi connectivity index (χ3n) is 3.58. The van der Waals surface area contributed by atoms with Crippen molar-refractivity contribution < 1.29 is 0 Å². The molecular formula is C16H23N3S. The zero-order valence-corrected chi connectivity index (χ0v) is 13.0. The molecular weight excluding hydrogens is 266 g/mol. The second-order valence-corrected chi connectivity index (χ2v) is 5.61. The van der Waals surface area contributed by atoms with Crippen LogP contribution in [0.3, 0.4) is 0 Å². The molecule has 0 saturated carbocycles. The number of hydrogen-bond acceptors (Lipinski definition) is 2. The molecule has 0 radical (unpaired) electrons. The number of nitrogens with zero attached hydrogens (tertiary/aromatic N) is 2. The van der Waals surface area contributed by atoms with Crippen LogP contribution in [0, 0.1) is 6.92 Å². The Balaban J connectivity index is 1.78. The second-order valence-electron chi connectivity index (χ2n) is 5.22. The van der Waals surface area contributed by atoms with E-state index in [1.807, 2.05) is 6.08 Å². The number of aryl methyl sites for hydroxylation is 1. The Bertz CT molecular complexity index is 447. The minimum absolute atomic E-state index is 0.739. The highest BCUT2D eigenvalue weighted by Crippen LogP contribution is 2.10. The minimum Gasteiger partial charge on any atom is -0.359 e. The highest BCUT2D eigenvalue weighted by molar-refractivity contribution is 7.80. The molecule has 0 aromatic heterocycles. The topological polar surface area (TPSA) is 18.5 Å². The summed E-state index contributed by atoms with van der Waals surface area (Å²) in [5.41, 5.74) is 2.70. The van der Waals surface area contributed by atoms with Crippen LogP contribution in [0.1, 0.15) is 11.1 Å². The Labute approximate surface area is 127 Å². The number of rotatable bonds is 4. The van der Waals surface area contributed by atoms with E-state index >= 15 is 0 Å². The molecule has 20 heavy (non-hydrogen) atoms. The van der Waals surface area contributed by atoms with Crippen LogP contribution in [-0.2, 0) is 6.54 Å². The molecule has 1 aliphatic heterocycles. The molecule has 1 heterocycles. The van der Waals surface area contributed by atoms with Crippen molar-refractivity contribution in [2.45, 2.75) is 13.5 Å². The van der Waals surface area contributed by atoms with Gasteiger partial charge in [-0.3, -0.25) is 4.90 Å². The molecule has 1 aromatic rings. The number of benzene rings is 1. The van der Waals surface area contributed by atoms with E-state index in [1.165, 1.54) is 11.1 Å². The van der Waals surface area contributed by atoms with Crippen molar-refractivity contribution in [1.29, 1.82) is 0 Å². The van der Waals surface area contributed by atoms with E-state index in [0.717, 1.165) is 44.4 Å². The average Bonchev–Trinajstić information content (AvgIpc) is 2.48. The third-order valence-corrected chi connectivity index (χ3v) is 3.99. The Kier molecular flexibility index (Phi) is 5.56. The van der Waals surface area contributed by atoms with E-state index in [1.54, 1.807) is 0 Å². The number of thiocarbonyl (C=S) groups is 1. The molecule has 0 unspecified atom stereocenters. The molecule has 0 bridgehead atoms. The van der Waals surface area contributed by atoms with Gasteiger partial charge in [-0.05, 0) is 24.7 Å². The molecule has 1 aromatic carbocycles. The van der Waals surface area contributed by atoms with Crippen LogP contribution in [0.2, 0.25) is 0 Å². The van der Waals surface area contributed by atoms with Crippen molar-refractivity contribution in [3.05, 3.63) is 48.0 Å². The lowest BCUT2D eigenvalue weighted by molar-refractivity contribution is 0.175. The van der Waals surface area contributed by atoms with Crippen molar-refractivity contribution in [2.75, 3.05) is 32.7 Å². The Hall–Kier alpha value is -1.39. The summed E-state index contributed by atoms with van der Waals surface area (Å²) in [5, 5.41) is 4.04. The van der Waals surface area contributed by atoms with Crippen LogP contribution in [0.25, 0.3) is 0 Å². The van der Waals surface area contributed by atoms with Crippen LogP contribution in [0.4, 0.5) is 0 Å². The van der Waals surface area contributed by atoms with Gasteiger partial charge in [0, 0.05) is 39.3 Å². The van der Waals surface area contributed by atoms with Crippen molar-refractivity contribution in [3.8, 4) is 0 Å². The summed E-state index contributed by atoms with van der Waals surface area (Å²) in [6.07, 6.45) is 1.83. The Morgan fingerprint density at radius 2 is 1.90 bits per heavy atom. The molecule has 1 fully saturated rings. The Morgan fingerprint density at radius 3 is 2.50 bits per heavy atom. The largest absolute Gasteiger partial charge is 0.359 e. The molecule has 108 valence electrons. The molecule has 1 N–H and O–H groups in total. The lowest BCUT2D eigenvalue weighted by atomic mass is 10.1. The lowest BCUT2D eigenvalue weighted by Gasteiger charge is -2.36. The molecule has 4 heteroatoms. The van der Waals surface area contributed by atoms with Gasteiger partial charge in [-0.2, -0.15) is 0 Å². The lowest BCUT2D eigenvalue weighted by Crippen LogP contribution is -2.51. The zero-order valence-electron chi connectivity index (χ0n) is 12.1. The van der Waals surface area contributed by atoms with E-state index in [2.05, 4.69) is 52.9 Å². The zero-order chi connectivity index (χ0) is 14.4.